The fraction of sp³-hybridized carbons (Fsp3) is 0.318. The van der Waals surface area contributed by atoms with Crippen LogP contribution in [0.25, 0.3) is 0 Å². The molecule has 0 radical (unpaired) electrons. The number of hydrogen-bond acceptors (Lipinski definition) is 4. The number of carboxylic acids is 1. The van der Waals surface area contributed by atoms with Crippen LogP contribution in [0.3, 0.4) is 0 Å². The summed E-state index contributed by atoms with van der Waals surface area (Å²) in [6.45, 7) is 2.28. The number of likely N-dealkylation sites (tertiary alicyclic amines) is 1. The van der Waals surface area contributed by atoms with Crippen LogP contribution in [0.2, 0.25) is 5.02 Å². The smallest absolute Gasteiger partial charge is 0.308 e. The Morgan fingerprint density at radius 3 is 2.53 bits per heavy atom. The van der Waals surface area contributed by atoms with Crippen molar-refractivity contribution in [1.82, 2.24) is 4.90 Å². The molecular formula is C22H21ClFNO5. The van der Waals surface area contributed by atoms with Gasteiger partial charge in [0.05, 0.1) is 10.9 Å². The van der Waals surface area contributed by atoms with Crippen LogP contribution in [0.15, 0.2) is 42.5 Å². The van der Waals surface area contributed by atoms with E-state index in [1.807, 2.05) is 0 Å². The van der Waals surface area contributed by atoms with Crippen molar-refractivity contribution in [1.29, 1.82) is 0 Å². The van der Waals surface area contributed by atoms with Crippen LogP contribution >= 0.6 is 11.6 Å². The Morgan fingerprint density at radius 1 is 1.20 bits per heavy atom. The van der Waals surface area contributed by atoms with Gasteiger partial charge in [0.25, 0.3) is 5.91 Å². The van der Waals surface area contributed by atoms with Crippen molar-refractivity contribution in [2.75, 3.05) is 13.1 Å². The van der Waals surface area contributed by atoms with Crippen LogP contribution in [-0.4, -0.2) is 46.9 Å². The molecule has 2 atom stereocenters. The molecule has 0 saturated carbocycles. The molecule has 0 unspecified atom stereocenters. The molecule has 1 saturated heterocycles. The lowest BCUT2D eigenvalue weighted by molar-refractivity contribution is -0.147. The molecule has 30 heavy (non-hydrogen) atoms. The van der Waals surface area contributed by atoms with E-state index in [4.69, 9.17) is 16.3 Å². The highest BCUT2D eigenvalue weighted by atomic mass is 35.5. The minimum atomic E-state index is -0.900. The number of amides is 1. The Labute approximate surface area is 178 Å². The zero-order valence-electron chi connectivity index (χ0n) is 16.3. The van der Waals surface area contributed by atoms with Crippen LogP contribution in [-0.2, 0) is 9.59 Å². The van der Waals surface area contributed by atoms with Crippen molar-refractivity contribution in [3.05, 3.63) is 64.4 Å². The summed E-state index contributed by atoms with van der Waals surface area (Å²) in [4.78, 5) is 37.9. The number of nitrogens with zero attached hydrogens (tertiary/aromatic N) is 1. The Bertz CT molecular complexity index is 963. The quantitative estimate of drug-likeness (QED) is 0.700. The predicted octanol–water partition coefficient (Wildman–Crippen LogP) is 3.80. The lowest BCUT2D eigenvalue weighted by Crippen LogP contribution is -2.47. The molecule has 1 aliphatic heterocycles. The number of piperidine rings is 1. The normalized spacial score (nSPS) is 17.3. The molecule has 8 heteroatoms. The van der Waals surface area contributed by atoms with Gasteiger partial charge in [0.2, 0.25) is 0 Å². The number of carbonyl (C=O) groups is 3. The third-order valence-electron chi connectivity index (χ3n) is 5.04. The third-order valence-corrected chi connectivity index (χ3v) is 5.35. The molecule has 1 aliphatic rings. The van der Waals surface area contributed by atoms with Gasteiger partial charge in [-0.3, -0.25) is 14.4 Å². The Hall–Kier alpha value is -2.93. The Kier molecular flexibility index (Phi) is 6.72. The Balaban J connectivity index is 1.64. The average molecular weight is 434 g/mol. The van der Waals surface area contributed by atoms with Gasteiger partial charge in [-0.05, 0) is 62.2 Å². The zero-order valence-corrected chi connectivity index (χ0v) is 17.1. The summed E-state index contributed by atoms with van der Waals surface area (Å²) in [5.74, 6) is -2.23. The summed E-state index contributed by atoms with van der Waals surface area (Å²) in [5, 5.41) is 9.20. The van der Waals surface area contributed by atoms with Crippen molar-refractivity contribution in [3.8, 4) is 5.75 Å². The summed E-state index contributed by atoms with van der Waals surface area (Å²) < 4.78 is 18.9. The van der Waals surface area contributed by atoms with Gasteiger partial charge in [-0.25, -0.2) is 4.39 Å². The van der Waals surface area contributed by atoms with E-state index in [9.17, 15) is 23.9 Å². The highest BCUT2D eigenvalue weighted by Gasteiger charge is 2.31. The first-order chi connectivity index (χ1) is 14.3. The minimum absolute atomic E-state index is 0.0285. The number of carboxylic acid groups (broad SMARTS) is 1. The maximum Gasteiger partial charge on any atom is 0.308 e. The molecule has 1 fully saturated rings. The van der Waals surface area contributed by atoms with Crippen LogP contribution in [0, 0.1) is 11.7 Å². The first kappa shape index (κ1) is 21.8. The van der Waals surface area contributed by atoms with E-state index in [-0.39, 0.29) is 28.8 Å². The molecule has 0 spiro atoms. The van der Waals surface area contributed by atoms with E-state index in [0.717, 1.165) is 6.07 Å². The number of hydrogen-bond donors (Lipinski definition) is 1. The number of rotatable bonds is 6. The van der Waals surface area contributed by atoms with Gasteiger partial charge in [0.15, 0.2) is 11.9 Å². The number of halogens is 2. The van der Waals surface area contributed by atoms with Crippen LogP contribution in [0.1, 0.15) is 35.7 Å². The molecular weight excluding hydrogens is 413 g/mol. The van der Waals surface area contributed by atoms with Crippen molar-refractivity contribution in [3.63, 3.8) is 0 Å². The largest absolute Gasteiger partial charge is 0.481 e. The van der Waals surface area contributed by atoms with Crippen LogP contribution < -0.4 is 4.74 Å². The van der Waals surface area contributed by atoms with E-state index in [0.29, 0.717) is 30.7 Å². The van der Waals surface area contributed by atoms with E-state index < -0.39 is 23.8 Å². The highest BCUT2D eigenvalue weighted by molar-refractivity contribution is 6.35. The molecule has 3 rings (SSSR count). The van der Waals surface area contributed by atoms with Crippen molar-refractivity contribution >= 4 is 29.3 Å². The fourth-order valence-electron chi connectivity index (χ4n) is 3.40. The lowest BCUT2D eigenvalue weighted by atomic mass is 9.98. The van der Waals surface area contributed by atoms with Crippen LogP contribution in [0.4, 0.5) is 4.39 Å². The second-order valence-corrected chi connectivity index (χ2v) is 7.61. The summed E-state index contributed by atoms with van der Waals surface area (Å²) in [6, 6.07) is 9.77. The molecule has 0 aliphatic carbocycles. The van der Waals surface area contributed by atoms with Gasteiger partial charge in [0, 0.05) is 24.2 Å². The van der Waals surface area contributed by atoms with E-state index in [2.05, 4.69) is 0 Å². The number of benzene rings is 2. The van der Waals surface area contributed by atoms with Gasteiger partial charge in [-0.1, -0.05) is 11.6 Å². The molecule has 2 aromatic rings. The maximum atomic E-state index is 13.2. The summed E-state index contributed by atoms with van der Waals surface area (Å²) in [6.07, 6.45) is 0.394. The molecule has 158 valence electrons. The van der Waals surface area contributed by atoms with E-state index >= 15 is 0 Å². The van der Waals surface area contributed by atoms with Gasteiger partial charge in [0.1, 0.15) is 11.6 Å². The maximum absolute atomic E-state index is 13.2. The monoisotopic (exact) mass is 433 g/mol. The molecule has 1 N–H and O–H groups in total. The fourth-order valence-corrected chi connectivity index (χ4v) is 3.66. The molecule has 1 heterocycles. The predicted molar refractivity (Wildman–Crippen MR) is 108 cm³/mol. The third kappa shape index (κ3) is 4.97. The van der Waals surface area contributed by atoms with Crippen molar-refractivity contribution in [2.45, 2.75) is 25.9 Å². The van der Waals surface area contributed by atoms with Gasteiger partial charge in [-0.15, -0.1) is 0 Å². The van der Waals surface area contributed by atoms with E-state index in [1.54, 1.807) is 19.1 Å². The standard InChI is InChI=1S/C22H21ClFNO5/c1-13(21(27)25-10-2-3-15(12-25)22(28)29)30-17-7-4-14(5-8-17)20(26)18-9-6-16(24)11-19(18)23/h4-9,11,13,15H,2-3,10,12H2,1H3,(H,28,29)/t13-,15+/m1/s1. The second kappa shape index (κ2) is 9.26. The number of ketones is 1. The minimum Gasteiger partial charge on any atom is -0.481 e. The highest BCUT2D eigenvalue weighted by Crippen LogP contribution is 2.23. The topological polar surface area (TPSA) is 83.9 Å². The first-order valence-corrected chi connectivity index (χ1v) is 9.92. The summed E-state index contributed by atoms with van der Waals surface area (Å²) in [5.41, 5.74) is 0.531. The first-order valence-electron chi connectivity index (χ1n) is 9.54. The SMILES string of the molecule is C[C@@H](Oc1ccc(C(=O)c2ccc(F)cc2Cl)cc1)C(=O)N1CCC[C@H](C(=O)O)C1. The molecule has 6 nitrogen and oxygen atoms in total. The van der Waals surface area contributed by atoms with Gasteiger partial charge < -0.3 is 14.7 Å². The number of carbonyl (C=O) groups excluding carboxylic acids is 2. The Morgan fingerprint density at radius 2 is 1.90 bits per heavy atom. The molecule has 2 aromatic carbocycles. The van der Waals surface area contributed by atoms with Crippen molar-refractivity contribution in [2.24, 2.45) is 5.92 Å². The van der Waals surface area contributed by atoms with Crippen LogP contribution in [0.5, 0.6) is 5.75 Å². The average Bonchev–Trinajstić information content (AvgIpc) is 2.73. The number of ether oxygens (including phenoxy) is 1. The molecule has 0 bridgehead atoms. The van der Waals surface area contributed by atoms with Crippen molar-refractivity contribution < 1.29 is 28.6 Å². The summed E-state index contributed by atoms with van der Waals surface area (Å²) >= 11 is 5.95. The molecule has 0 aromatic heterocycles. The summed E-state index contributed by atoms with van der Waals surface area (Å²) in [7, 11) is 0. The van der Waals surface area contributed by atoms with Gasteiger partial charge >= 0.3 is 5.97 Å². The number of aliphatic carboxylic acids is 1. The second-order valence-electron chi connectivity index (χ2n) is 7.20. The van der Waals surface area contributed by atoms with E-state index in [1.165, 1.54) is 29.2 Å². The zero-order chi connectivity index (χ0) is 21.8. The van der Waals surface area contributed by atoms with Gasteiger partial charge in [-0.2, -0.15) is 0 Å². The lowest BCUT2D eigenvalue weighted by Gasteiger charge is -2.32. The molecule has 1 amide bonds.